The molecule has 0 aliphatic rings. The Morgan fingerprint density at radius 1 is 1.41 bits per heavy atom. The Bertz CT molecular complexity index is 417. The van der Waals surface area contributed by atoms with Crippen molar-refractivity contribution in [3.63, 3.8) is 0 Å². The van der Waals surface area contributed by atoms with E-state index in [-0.39, 0.29) is 5.75 Å². The van der Waals surface area contributed by atoms with Crippen LogP contribution in [0.25, 0.3) is 0 Å². The number of hydrogen-bond acceptors (Lipinski definition) is 4. The standard InChI is InChI=1S/C12H19NO3S/c1-17(15,16)9-3-5-12(14)7-6-11-4-2-8-13-10-11/h2,4,8,10,12,14H,3,5-7,9H2,1H3. The third kappa shape index (κ3) is 7.07. The van der Waals surface area contributed by atoms with Crippen molar-refractivity contribution in [3.8, 4) is 0 Å². The van der Waals surface area contributed by atoms with Gasteiger partial charge in [0.15, 0.2) is 0 Å². The molecule has 1 aromatic heterocycles. The smallest absolute Gasteiger partial charge is 0.147 e. The molecule has 1 aromatic rings. The molecule has 0 aliphatic carbocycles. The van der Waals surface area contributed by atoms with Crippen molar-refractivity contribution in [3.05, 3.63) is 30.1 Å². The van der Waals surface area contributed by atoms with Crippen LogP contribution in [0.1, 0.15) is 24.8 Å². The second-order valence-electron chi connectivity index (χ2n) is 4.33. The average molecular weight is 257 g/mol. The molecule has 0 radical (unpaired) electrons. The number of aromatic nitrogens is 1. The fourth-order valence-corrected chi connectivity index (χ4v) is 2.30. The van der Waals surface area contributed by atoms with Crippen LogP contribution in [0.3, 0.4) is 0 Å². The summed E-state index contributed by atoms with van der Waals surface area (Å²) in [6.45, 7) is 0. The van der Waals surface area contributed by atoms with Gasteiger partial charge in [0.05, 0.1) is 6.10 Å². The summed E-state index contributed by atoms with van der Waals surface area (Å²) in [4.78, 5) is 4.00. The summed E-state index contributed by atoms with van der Waals surface area (Å²) in [6, 6.07) is 3.83. The molecular formula is C12H19NO3S. The van der Waals surface area contributed by atoms with Crippen molar-refractivity contribution < 1.29 is 13.5 Å². The van der Waals surface area contributed by atoms with Gasteiger partial charge in [0, 0.05) is 24.4 Å². The molecule has 5 heteroatoms. The maximum Gasteiger partial charge on any atom is 0.147 e. The molecule has 0 spiro atoms. The first kappa shape index (κ1) is 14.1. The number of pyridine rings is 1. The van der Waals surface area contributed by atoms with Gasteiger partial charge in [0.2, 0.25) is 0 Å². The quantitative estimate of drug-likeness (QED) is 0.797. The van der Waals surface area contributed by atoms with Crippen molar-refractivity contribution in [2.45, 2.75) is 31.8 Å². The Hall–Kier alpha value is -0.940. The predicted molar refractivity (Wildman–Crippen MR) is 67.5 cm³/mol. The van der Waals surface area contributed by atoms with Crippen molar-refractivity contribution in [1.82, 2.24) is 4.98 Å². The fourth-order valence-electron chi connectivity index (χ4n) is 1.60. The minimum atomic E-state index is -2.91. The molecule has 0 amide bonds. The van der Waals surface area contributed by atoms with Crippen LogP contribution in [0.4, 0.5) is 0 Å². The first-order chi connectivity index (χ1) is 7.97. The van der Waals surface area contributed by atoms with Gasteiger partial charge < -0.3 is 5.11 Å². The molecule has 1 N–H and O–H groups in total. The molecule has 0 bridgehead atoms. The summed E-state index contributed by atoms with van der Waals surface area (Å²) in [5, 5.41) is 9.69. The van der Waals surface area contributed by atoms with E-state index in [4.69, 9.17) is 0 Å². The first-order valence-corrected chi connectivity index (χ1v) is 7.78. The van der Waals surface area contributed by atoms with Gasteiger partial charge in [-0.05, 0) is 37.3 Å². The largest absolute Gasteiger partial charge is 0.393 e. The van der Waals surface area contributed by atoms with E-state index in [0.29, 0.717) is 19.3 Å². The third-order valence-corrected chi connectivity index (χ3v) is 3.57. The van der Waals surface area contributed by atoms with Gasteiger partial charge in [0.1, 0.15) is 9.84 Å². The summed E-state index contributed by atoms with van der Waals surface area (Å²) in [6.07, 6.45) is 6.76. The van der Waals surface area contributed by atoms with Crippen LogP contribution in [-0.2, 0) is 16.3 Å². The Labute approximate surface area is 103 Å². The Balaban J connectivity index is 2.20. The lowest BCUT2D eigenvalue weighted by atomic mass is 10.1. The predicted octanol–water partition coefficient (Wildman–Crippen LogP) is 1.20. The molecule has 1 unspecified atom stereocenters. The van der Waals surface area contributed by atoms with Crippen LogP contribution in [-0.4, -0.2) is 36.6 Å². The van der Waals surface area contributed by atoms with E-state index in [2.05, 4.69) is 4.98 Å². The van der Waals surface area contributed by atoms with Crippen LogP contribution in [0.2, 0.25) is 0 Å². The topological polar surface area (TPSA) is 67.3 Å². The number of hydrogen-bond donors (Lipinski definition) is 1. The summed E-state index contributed by atoms with van der Waals surface area (Å²) in [7, 11) is -2.91. The maximum atomic E-state index is 10.9. The minimum Gasteiger partial charge on any atom is -0.393 e. The van der Waals surface area contributed by atoms with Crippen LogP contribution in [0.15, 0.2) is 24.5 Å². The number of aliphatic hydroxyl groups excluding tert-OH is 1. The minimum absolute atomic E-state index is 0.150. The lowest BCUT2D eigenvalue weighted by molar-refractivity contribution is 0.154. The van der Waals surface area contributed by atoms with Crippen LogP contribution in [0, 0.1) is 0 Å². The van der Waals surface area contributed by atoms with E-state index in [1.54, 1.807) is 12.4 Å². The zero-order chi connectivity index (χ0) is 12.7. The van der Waals surface area contributed by atoms with Gasteiger partial charge in [-0.25, -0.2) is 8.42 Å². The van der Waals surface area contributed by atoms with Gasteiger partial charge >= 0.3 is 0 Å². The molecule has 17 heavy (non-hydrogen) atoms. The maximum absolute atomic E-state index is 10.9. The van der Waals surface area contributed by atoms with E-state index in [0.717, 1.165) is 12.0 Å². The molecule has 0 saturated heterocycles. The molecule has 0 fully saturated rings. The fraction of sp³-hybridized carbons (Fsp3) is 0.583. The lowest BCUT2D eigenvalue weighted by Crippen LogP contribution is -2.11. The number of rotatable bonds is 7. The van der Waals surface area contributed by atoms with Crippen molar-refractivity contribution in [2.24, 2.45) is 0 Å². The van der Waals surface area contributed by atoms with Crippen LogP contribution < -0.4 is 0 Å². The molecule has 96 valence electrons. The van der Waals surface area contributed by atoms with Gasteiger partial charge in [-0.1, -0.05) is 6.07 Å². The second-order valence-corrected chi connectivity index (χ2v) is 6.59. The van der Waals surface area contributed by atoms with E-state index < -0.39 is 15.9 Å². The average Bonchev–Trinajstić information content (AvgIpc) is 2.26. The van der Waals surface area contributed by atoms with Crippen LogP contribution >= 0.6 is 0 Å². The zero-order valence-electron chi connectivity index (χ0n) is 10.0. The molecule has 1 rings (SSSR count). The number of sulfone groups is 1. The lowest BCUT2D eigenvalue weighted by Gasteiger charge is -2.09. The normalized spacial score (nSPS) is 13.5. The van der Waals surface area contributed by atoms with E-state index in [1.807, 2.05) is 12.1 Å². The van der Waals surface area contributed by atoms with Crippen LogP contribution in [0.5, 0.6) is 0 Å². The van der Waals surface area contributed by atoms with Gasteiger partial charge in [-0.3, -0.25) is 4.98 Å². The molecule has 0 aromatic carbocycles. The zero-order valence-corrected chi connectivity index (χ0v) is 10.9. The molecule has 4 nitrogen and oxygen atoms in total. The monoisotopic (exact) mass is 257 g/mol. The number of aryl methyl sites for hydroxylation is 1. The van der Waals surface area contributed by atoms with E-state index >= 15 is 0 Å². The highest BCUT2D eigenvalue weighted by Gasteiger charge is 2.07. The second kappa shape index (κ2) is 6.71. The molecule has 1 heterocycles. The summed E-state index contributed by atoms with van der Waals surface area (Å²) < 4.78 is 21.8. The van der Waals surface area contributed by atoms with Crippen molar-refractivity contribution in [2.75, 3.05) is 12.0 Å². The first-order valence-electron chi connectivity index (χ1n) is 5.72. The Morgan fingerprint density at radius 2 is 2.18 bits per heavy atom. The molecular weight excluding hydrogens is 238 g/mol. The van der Waals surface area contributed by atoms with Gasteiger partial charge in [-0.15, -0.1) is 0 Å². The summed E-state index contributed by atoms with van der Waals surface area (Å²) in [5.74, 6) is 0.150. The number of nitrogens with zero attached hydrogens (tertiary/aromatic N) is 1. The third-order valence-electron chi connectivity index (χ3n) is 2.54. The van der Waals surface area contributed by atoms with Gasteiger partial charge in [0.25, 0.3) is 0 Å². The highest BCUT2D eigenvalue weighted by molar-refractivity contribution is 7.90. The number of aliphatic hydroxyl groups is 1. The Kier molecular flexibility index (Phi) is 5.58. The van der Waals surface area contributed by atoms with E-state index in [9.17, 15) is 13.5 Å². The highest BCUT2D eigenvalue weighted by atomic mass is 32.2. The van der Waals surface area contributed by atoms with Gasteiger partial charge in [-0.2, -0.15) is 0 Å². The molecule has 0 saturated carbocycles. The molecule has 1 atom stereocenters. The SMILES string of the molecule is CS(=O)(=O)CCCC(O)CCc1cccnc1. The summed E-state index contributed by atoms with van der Waals surface area (Å²) >= 11 is 0. The van der Waals surface area contributed by atoms with E-state index in [1.165, 1.54) is 6.26 Å². The van der Waals surface area contributed by atoms with Crippen molar-refractivity contribution >= 4 is 9.84 Å². The summed E-state index contributed by atoms with van der Waals surface area (Å²) in [5.41, 5.74) is 1.09. The highest BCUT2D eigenvalue weighted by Crippen LogP contribution is 2.08. The molecule has 0 aliphatic heterocycles. The Morgan fingerprint density at radius 3 is 2.76 bits per heavy atom. The van der Waals surface area contributed by atoms with Crippen molar-refractivity contribution in [1.29, 1.82) is 0 Å².